The second kappa shape index (κ2) is 5.84. The third kappa shape index (κ3) is 3.32. The van der Waals surface area contributed by atoms with Crippen molar-refractivity contribution in [3.05, 3.63) is 36.1 Å². The van der Waals surface area contributed by atoms with Crippen LogP contribution in [-0.4, -0.2) is 12.6 Å². The zero-order valence-electron chi connectivity index (χ0n) is 10.3. The number of benzene rings is 1. The SMILES string of the molecule is CC(N)CCCNCc1coc2ccccc12. The van der Waals surface area contributed by atoms with Crippen LogP contribution in [0.25, 0.3) is 11.0 Å². The molecule has 2 aromatic rings. The van der Waals surface area contributed by atoms with Crippen molar-refractivity contribution in [1.82, 2.24) is 5.32 Å². The van der Waals surface area contributed by atoms with E-state index in [1.807, 2.05) is 31.4 Å². The van der Waals surface area contributed by atoms with Crippen LogP contribution in [0.15, 0.2) is 34.9 Å². The predicted octanol–water partition coefficient (Wildman–Crippen LogP) is 2.65. The van der Waals surface area contributed by atoms with Crippen LogP contribution in [0.4, 0.5) is 0 Å². The molecule has 0 radical (unpaired) electrons. The van der Waals surface area contributed by atoms with Gasteiger partial charge in [-0.3, -0.25) is 0 Å². The lowest BCUT2D eigenvalue weighted by atomic mass is 10.1. The van der Waals surface area contributed by atoms with Gasteiger partial charge in [-0.2, -0.15) is 0 Å². The van der Waals surface area contributed by atoms with Crippen molar-refractivity contribution in [1.29, 1.82) is 0 Å². The highest BCUT2D eigenvalue weighted by atomic mass is 16.3. The molecule has 17 heavy (non-hydrogen) atoms. The van der Waals surface area contributed by atoms with Crippen LogP contribution in [0.1, 0.15) is 25.3 Å². The normalized spacial score (nSPS) is 13.1. The number of para-hydroxylation sites is 1. The van der Waals surface area contributed by atoms with E-state index >= 15 is 0 Å². The molecule has 1 aromatic carbocycles. The highest BCUT2D eigenvalue weighted by Crippen LogP contribution is 2.20. The average molecular weight is 232 g/mol. The van der Waals surface area contributed by atoms with Gasteiger partial charge in [0.2, 0.25) is 0 Å². The first kappa shape index (κ1) is 12.1. The molecule has 3 heteroatoms. The van der Waals surface area contributed by atoms with Gasteiger partial charge >= 0.3 is 0 Å². The van der Waals surface area contributed by atoms with E-state index in [0.717, 1.165) is 31.5 Å². The van der Waals surface area contributed by atoms with Gasteiger partial charge in [-0.25, -0.2) is 0 Å². The van der Waals surface area contributed by atoms with Crippen molar-refractivity contribution in [3.63, 3.8) is 0 Å². The monoisotopic (exact) mass is 232 g/mol. The molecule has 0 spiro atoms. The fourth-order valence-corrected chi connectivity index (χ4v) is 1.94. The summed E-state index contributed by atoms with van der Waals surface area (Å²) in [6, 6.07) is 8.42. The van der Waals surface area contributed by atoms with Crippen molar-refractivity contribution in [2.24, 2.45) is 5.73 Å². The zero-order valence-corrected chi connectivity index (χ0v) is 10.3. The number of rotatable bonds is 6. The summed E-state index contributed by atoms with van der Waals surface area (Å²) in [5.74, 6) is 0. The van der Waals surface area contributed by atoms with Crippen molar-refractivity contribution < 1.29 is 4.42 Å². The third-order valence-electron chi connectivity index (χ3n) is 2.89. The molecule has 1 aromatic heterocycles. The Bertz CT molecular complexity index is 462. The fraction of sp³-hybridized carbons (Fsp3) is 0.429. The Morgan fingerprint density at radius 1 is 1.35 bits per heavy atom. The maximum absolute atomic E-state index is 5.70. The van der Waals surface area contributed by atoms with Crippen LogP contribution in [-0.2, 0) is 6.54 Å². The molecular weight excluding hydrogens is 212 g/mol. The topological polar surface area (TPSA) is 51.2 Å². The molecule has 0 aliphatic heterocycles. The summed E-state index contributed by atoms with van der Waals surface area (Å²) < 4.78 is 5.48. The highest BCUT2D eigenvalue weighted by molar-refractivity contribution is 5.80. The molecule has 2 rings (SSSR count). The Balaban J connectivity index is 1.83. The maximum Gasteiger partial charge on any atom is 0.134 e. The second-order valence-electron chi connectivity index (χ2n) is 4.55. The number of nitrogens with two attached hydrogens (primary N) is 1. The molecule has 3 N–H and O–H groups in total. The molecule has 1 atom stereocenters. The predicted molar refractivity (Wildman–Crippen MR) is 70.8 cm³/mol. The van der Waals surface area contributed by atoms with Gasteiger partial charge in [-0.05, 0) is 32.4 Å². The molecule has 1 heterocycles. The average Bonchev–Trinajstić information content (AvgIpc) is 2.72. The number of furan rings is 1. The van der Waals surface area contributed by atoms with Gasteiger partial charge in [0.05, 0.1) is 6.26 Å². The molecule has 0 fully saturated rings. The minimum absolute atomic E-state index is 0.298. The molecule has 0 amide bonds. The Morgan fingerprint density at radius 2 is 2.18 bits per heavy atom. The first-order chi connectivity index (χ1) is 8.27. The van der Waals surface area contributed by atoms with Crippen molar-refractivity contribution in [3.8, 4) is 0 Å². The lowest BCUT2D eigenvalue weighted by molar-refractivity contribution is 0.567. The minimum Gasteiger partial charge on any atom is -0.464 e. The van der Waals surface area contributed by atoms with Crippen LogP contribution in [0.2, 0.25) is 0 Å². The van der Waals surface area contributed by atoms with E-state index in [0.29, 0.717) is 6.04 Å². The first-order valence-corrected chi connectivity index (χ1v) is 6.19. The van der Waals surface area contributed by atoms with Crippen molar-refractivity contribution in [2.75, 3.05) is 6.54 Å². The molecule has 0 aliphatic rings. The molecule has 92 valence electrons. The molecule has 1 unspecified atom stereocenters. The van der Waals surface area contributed by atoms with Gasteiger partial charge in [-0.15, -0.1) is 0 Å². The number of nitrogens with one attached hydrogen (secondary N) is 1. The van der Waals surface area contributed by atoms with E-state index in [-0.39, 0.29) is 0 Å². The van der Waals surface area contributed by atoms with Gasteiger partial charge in [0, 0.05) is 23.5 Å². The maximum atomic E-state index is 5.70. The minimum atomic E-state index is 0.298. The van der Waals surface area contributed by atoms with Crippen LogP contribution < -0.4 is 11.1 Å². The number of hydrogen-bond donors (Lipinski definition) is 2. The number of hydrogen-bond acceptors (Lipinski definition) is 3. The van der Waals surface area contributed by atoms with Crippen molar-refractivity contribution in [2.45, 2.75) is 32.4 Å². The fourth-order valence-electron chi connectivity index (χ4n) is 1.94. The highest BCUT2D eigenvalue weighted by Gasteiger charge is 2.03. The second-order valence-corrected chi connectivity index (χ2v) is 4.55. The lowest BCUT2D eigenvalue weighted by Crippen LogP contribution is -2.19. The smallest absolute Gasteiger partial charge is 0.134 e. The first-order valence-electron chi connectivity index (χ1n) is 6.19. The standard InChI is InChI=1S/C14H20N2O/c1-11(15)5-4-8-16-9-12-10-17-14-7-3-2-6-13(12)14/h2-3,6-7,10-11,16H,4-5,8-9,15H2,1H3. The van der Waals surface area contributed by atoms with E-state index in [9.17, 15) is 0 Å². The Labute approximate surface area is 102 Å². The quantitative estimate of drug-likeness (QED) is 0.753. The third-order valence-corrected chi connectivity index (χ3v) is 2.89. The van der Waals surface area contributed by atoms with Crippen LogP contribution >= 0.6 is 0 Å². The van der Waals surface area contributed by atoms with Crippen molar-refractivity contribution >= 4 is 11.0 Å². The summed E-state index contributed by atoms with van der Waals surface area (Å²) in [7, 11) is 0. The summed E-state index contributed by atoms with van der Waals surface area (Å²) >= 11 is 0. The van der Waals surface area contributed by atoms with E-state index in [1.165, 1.54) is 10.9 Å². The van der Waals surface area contributed by atoms with E-state index in [4.69, 9.17) is 10.2 Å². The molecular formula is C14H20N2O. The molecule has 3 nitrogen and oxygen atoms in total. The number of fused-ring (bicyclic) bond motifs is 1. The van der Waals surface area contributed by atoms with Gasteiger partial charge < -0.3 is 15.5 Å². The van der Waals surface area contributed by atoms with Gasteiger partial charge in [0.1, 0.15) is 5.58 Å². The lowest BCUT2D eigenvalue weighted by Gasteiger charge is -2.05. The Hall–Kier alpha value is -1.32. The zero-order chi connectivity index (χ0) is 12.1. The summed E-state index contributed by atoms with van der Waals surface area (Å²) in [6.45, 7) is 3.90. The van der Waals surface area contributed by atoms with Gasteiger partial charge in [0.15, 0.2) is 0 Å². The summed E-state index contributed by atoms with van der Waals surface area (Å²) in [5, 5.41) is 4.62. The summed E-state index contributed by atoms with van der Waals surface area (Å²) in [6.07, 6.45) is 4.02. The largest absolute Gasteiger partial charge is 0.464 e. The summed E-state index contributed by atoms with van der Waals surface area (Å²) in [4.78, 5) is 0. The van der Waals surface area contributed by atoms with Crippen LogP contribution in [0.3, 0.4) is 0 Å². The van der Waals surface area contributed by atoms with E-state index in [1.54, 1.807) is 0 Å². The van der Waals surface area contributed by atoms with Gasteiger partial charge in [-0.1, -0.05) is 18.2 Å². The molecule has 0 aliphatic carbocycles. The van der Waals surface area contributed by atoms with Crippen LogP contribution in [0.5, 0.6) is 0 Å². The molecule has 0 saturated carbocycles. The molecule has 0 bridgehead atoms. The van der Waals surface area contributed by atoms with E-state index < -0.39 is 0 Å². The Kier molecular flexibility index (Phi) is 4.18. The molecule has 0 saturated heterocycles. The Morgan fingerprint density at radius 3 is 3.00 bits per heavy atom. The van der Waals surface area contributed by atoms with Crippen LogP contribution in [0, 0.1) is 0 Å². The van der Waals surface area contributed by atoms with Gasteiger partial charge in [0.25, 0.3) is 0 Å². The van der Waals surface area contributed by atoms with E-state index in [2.05, 4.69) is 11.4 Å². The summed E-state index contributed by atoms with van der Waals surface area (Å²) in [5.41, 5.74) is 7.88.